The Kier molecular flexibility index (Phi) is 13.3. The monoisotopic (exact) mass is 735 g/mol. The minimum Gasteiger partial charge on any atom is -0.497 e. The highest BCUT2D eigenvalue weighted by Gasteiger charge is 2.36. The fraction of sp³-hybridized carbons (Fsp3) is 0.429. The number of halogens is 2. The van der Waals surface area contributed by atoms with Crippen LogP contribution in [0, 0.1) is 0 Å². The molecule has 3 aromatic carbocycles. The number of carbonyl (C=O) groups excluding carboxylic acids is 2. The van der Waals surface area contributed by atoms with Gasteiger partial charge in [0.05, 0.1) is 39.0 Å². The van der Waals surface area contributed by atoms with E-state index in [-0.39, 0.29) is 47.0 Å². The first-order chi connectivity index (χ1) is 23.5. The molecular formula is C35H43Cl2N3O8S. The zero-order chi connectivity index (χ0) is 35.7. The highest BCUT2D eigenvalue weighted by Crippen LogP contribution is 2.38. The number of carbonyl (C=O) groups is 2. The average Bonchev–Trinajstić information content (AvgIpc) is 3.11. The molecule has 1 aliphatic carbocycles. The van der Waals surface area contributed by atoms with Gasteiger partial charge in [0.2, 0.25) is 11.8 Å². The summed E-state index contributed by atoms with van der Waals surface area (Å²) in [5, 5.41) is 3.73. The van der Waals surface area contributed by atoms with Crippen molar-refractivity contribution in [2.24, 2.45) is 0 Å². The smallest absolute Gasteiger partial charge is 0.265 e. The van der Waals surface area contributed by atoms with E-state index in [1.54, 1.807) is 37.3 Å². The lowest BCUT2D eigenvalue weighted by molar-refractivity contribution is -0.140. The zero-order valence-electron chi connectivity index (χ0n) is 28.3. The maximum Gasteiger partial charge on any atom is 0.265 e. The molecule has 11 nitrogen and oxygen atoms in total. The summed E-state index contributed by atoms with van der Waals surface area (Å²) < 4.78 is 51.8. The van der Waals surface area contributed by atoms with Gasteiger partial charge in [-0.15, -0.1) is 0 Å². The lowest BCUT2D eigenvalue weighted by Gasteiger charge is -2.35. The summed E-state index contributed by atoms with van der Waals surface area (Å²) in [5.74, 6) is -0.0163. The second-order valence-corrected chi connectivity index (χ2v) is 14.2. The topological polar surface area (TPSA) is 124 Å². The number of sulfonamides is 1. The first-order valence-corrected chi connectivity index (χ1v) is 18.2. The predicted molar refractivity (Wildman–Crippen MR) is 190 cm³/mol. The van der Waals surface area contributed by atoms with E-state index in [0.29, 0.717) is 27.1 Å². The van der Waals surface area contributed by atoms with Crippen LogP contribution < -0.4 is 28.6 Å². The number of methoxy groups -OCH3 is 4. The normalized spacial score (nSPS) is 14.0. The van der Waals surface area contributed by atoms with Gasteiger partial charge in [-0.25, -0.2) is 8.42 Å². The molecule has 0 radical (unpaired) electrons. The van der Waals surface area contributed by atoms with Crippen molar-refractivity contribution in [3.63, 3.8) is 0 Å². The molecule has 2 amide bonds. The van der Waals surface area contributed by atoms with Crippen molar-refractivity contribution in [1.29, 1.82) is 0 Å². The van der Waals surface area contributed by atoms with Gasteiger partial charge in [0.1, 0.15) is 24.1 Å². The number of nitrogens with one attached hydrogen (secondary N) is 1. The summed E-state index contributed by atoms with van der Waals surface area (Å²) in [6, 6.07) is 12.7. The van der Waals surface area contributed by atoms with E-state index in [1.807, 2.05) is 0 Å². The Balaban J connectivity index is 1.84. The molecule has 266 valence electrons. The van der Waals surface area contributed by atoms with Crippen LogP contribution in [0.3, 0.4) is 0 Å². The van der Waals surface area contributed by atoms with Crippen LogP contribution in [-0.4, -0.2) is 72.2 Å². The number of rotatable bonds is 15. The van der Waals surface area contributed by atoms with E-state index in [9.17, 15) is 18.0 Å². The Labute approximate surface area is 298 Å². The number of anilines is 1. The van der Waals surface area contributed by atoms with Crippen molar-refractivity contribution >= 4 is 50.7 Å². The minimum atomic E-state index is -4.50. The molecule has 0 spiro atoms. The van der Waals surface area contributed by atoms with Crippen molar-refractivity contribution in [3.8, 4) is 23.0 Å². The Morgan fingerprint density at radius 3 is 2.08 bits per heavy atom. The predicted octanol–water partition coefficient (Wildman–Crippen LogP) is 6.48. The number of hydrogen-bond donors (Lipinski definition) is 1. The van der Waals surface area contributed by atoms with Crippen LogP contribution in [0.4, 0.5) is 5.69 Å². The lowest BCUT2D eigenvalue weighted by Crippen LogP contribution is -2.54. The molecule has 0 saturated heterocycles. The van der Waals surface area contributed by atoms with Crippen LogP contribution in [0.25, 0.3) is 0 Å². The van der Waals surface area contributed by atoms with Crippen molar-refractivity contribution in [2.75, 3.05) is 39.3 Å². The van der Waals surface area contributed by atoms with Crippen LogP contribution in [0.1, 0.15) is 51.0 Å². The number of benzene rings is 3. The number of ether oxygens (including phenoxy) is 4. The molecule has 1 unspecified atom stereocenters. The standard InChI is InChI=1S/C35H43Cl2N3O8S/c1-6-29(35(42)38-23-11-8-7-9-12-23)39(21-26-27(36)13-10-14-28(26)37)34(41)22-40(30-19-24(45-2)15-17-31(30)46-3)49(43,44)25-16-18-32(47-4)33(20-25)48-5/h10,13-20,23,29H,6-9,11-12,21-22H2,1-5H3,(H,38,42). The summed E-state index contributed by atoms with van der Waals surface area (Å²) >= 11 is 13.1. The van der Waals surface area contributed by atoms with Gasteiger partial charge in [-0.2, -0.15) is 0 Å². The van der Waals surface area contributed by atoms with E-state index >= 15 is 0 Å². The summed E-state index contributed by atoms with van der Waals surface area (Å²) in [6.45, 7) is 0.936. The second kappa shape index (κ2) is 17.2. The van der Waals surface area contributed by atoms with Crippen molar-refractivity contribution < 1.29 is 37.0 Å². The fourth-order valence-corrected chi connectivity index (χ4v) is 7.88. The Morgan fingerprint density at radius 2 is 1.49 bits per heavy atom. The number of amides is 2. The molecule has 1 atom stereocenters. The van der Waals surface area contributed by atoms with Crippen molar-refractivity contribution in [2.45, 2.75) is 69.0 Å². The molecule has 49 heavy (non-hydrogen) atoms. The maximum absolute atomic E-state index is 14.6. The summed E-state index contributed by atoms with van der Waals surface area (Å²) in [4.78, 5) is 29.7. The Hall–Kier alpha value is -3.87. The summed E-state index contributed by atoms with van der Waals surface area (Å²) in [7, 11) is 1.16. The molecular weight excluding hydrogens is 693 g/mol. The van der Waals surface area contributed by atoms with Gasteiger partial charge >= 0.3 is 0 Å². The molecule has 0 aliphatic heterocycles. The number of hydrogen-bond acceptors (Lipinski definition) is 8. The SMILES string of the molecule is CCC(C(=O)NC1CCCCC1)N(Cc1c(Cl)cccc1Cl)C(=O)CN(c1cc(OC)ccc1OC)S(=O)(=O)c1ccc(OC)c(OC)c1. The van der Waals surface area contributed by atoms with Gasteiger partial charge < -0.3 is 29.2 Å². The van der Waals surface area contributed by atoms with Gasteiger partial charge in [0.25, 0.3) is 10.0 Å². The molecule has 0 heterocycles. The molecule has 0 aromatic heterocycles. The largest absolute Gasteiger partial charge is 0.497 e. The first-order valence-electron chi connectivity index (χ1n) is 16.0. The van der Waals surface area contributed by atoms with Gasteiger partial charge in [0.15, 0.2) is 11.5 Å². The van der Waals surface area contributed by atoms with Crippen molar-refractivity contribution in [1.82, 2.24) is 10.2 Å². The third-order valence-electron chi connectivity index (χ3n) is 8.60. The van der Waals surface area contributed by atoms with Gasteiger partial charge in [-0.1, -0.05) is 55.5 Å². The van der Waals surface area contributed by atoms with Gasteiger partial charge in [-0.05, 0) is 55.7 Å². The van der Waals surface area contributed by atoms with Gasteiger partial charge in [-0.3, -0.25) is 13.9 Å². The van der Waals surface area contributed by atoms with E-state index in [1.165, 1.54) is 57.6 Å². The van der Waals surface area contributed by atoms with Crippen LogP contribution in [0.2, 0.25) is 10.0 Å². The fourth-order valence-electron chi connectivity index (χ4n) is 5.93. The van der Waals surface area contributed by atoms with Crippen LogP contribution in [0.5, 0.6) is 23.0 Å². The van der Waals surface area contributed by atoms with E-state index in [0.717, 1.165) is 36.4 Å². The molecule has 14 heteroatoms. The highest BCUT2D eigenvalue weighted by molar-refractivity contribution is 7.92. The molecule has 1 aliphatic rings. The number of nitrogens with zero attached hydrogens (tertiary/aromatic N) is 2. The van der Waals surface area contributed by atoms with Crippen LogP contribution in [0.15, 0.2) is 59.5 Å². The Morgan fingerprint density at radius 1 is 0.857 bits per heavy atom. The molecule has 1 fully saturated rings. The first kappa shape index (κ1) is 37.9. The third kappa shape index (κ3) is 8.84. The molecule has 4 rings (SSSR count). The average molecular weight is 737 g/mol. The second-order valence-electron chi connectivity index (χ2n) is 11.6. The highest BCUT2D eigenvalue weighted by atomic mass is 35.5. The van der Waals surface area contributed by atoms with Crippen molar-refractivity contribution in [3.05, 3.63) is 70.2 Å². The van der Waals surface area contributed by atoms with Gasteiger partial charge in [0, 0.05) is 40.3 Å². The summed E-state index contributed by atoms with van der Waals surface area (Å²) in [6.07, 6.45) is 5.06. The lowest BCUT2D eigenvalue weighted by atomic mass is 9.95. The molecule has 3 aromatic rings. The zero-order valence-corrected chi connectivity index (χ0v) is 30.7. The molecule has 1 saturated carbocycles. The molecule has 1 N–H and O–H groups in total. The van der Waals surface area contributed by atoms with E-state index < -0.39 is 28.5 Å². The van der Waals surface area contributed by atoms with Crippen LogP contribution in [-0.2, 0) is 26.2 Å². The van der Waals surface area contributed by atoms with E-state index in [2.05, 4.69) is 5.32 Å². The quantitative estimate of drug-likeness (QED) is 0.188. The molecule has 0 bridgehead atoms. The van der Waals surface area contributed by atoms with Crippen LogP contribution >= 0.6 is 23.2 Å². The third-order valence-corrected chi connectivity index (χ3v) is 11.1. The van der Waals surface area contributed by atoms with E-state index in [4.69, 9.17) is 42.1 Å². The minimum absolute atomic E-state index is 0.0147. The summed E-state index contributed by atoms with van der Waals surface area (Å²) in [5.41, 5.74) is 0.469. The Bertz CT molecular complexity index is 1710. The maximum atomic E-state index is 14.6.